The highest BCUT2D eigenvalue weighted by Crippen LogP contribution is 2.35. The third-order valence-corrected chi connectivity index (χ3v) is 10.7. The molecule has 0 spiro atoms. The number of H-pyrrole nitrogens is 4. The van der Waals surface area contributed by atoms with E-state index in [1.807, 2.05) is 48.5 Å². The van der Waals surface area contributed by atoms with E-state index >= 15 is 0 Å². The van der Waals surface area contributed by atoms with Gasteiger partial charge in [-0.25, -0.2) is 19.6 Å². The Morgan fingerprint density at radius 3 is 1.69 bits per heavy atom. The number of aromatic nitrogens is 10. The summed E-state index contributed by atoms with van der Waals surface area (Å²) in [6.07, 6.45) is 6.79. The summed E-state index contributed by atoms with van der Waals surface area (Å²) in [6, 6.07) is 14.7. The van der Waals surface area contributed by atoms with E-state index in [0.29, 0.717) is 42.5 Å². The average molecular weight is 803 g/mol. The summed E-state index contributed by atoms with van der Waals surface area (Å²) in [5.74, 6) is 0.685. The van der Waals surface area contributed by atoms with Gasteiger partial charge in [0, 0.05) is 25.9 Å². The number of benzene rings is 2. The number of hydrogen-bond donors (Lipinski definition) is 6. The molecule has 0 radical (unpaired) electrons. The number of carbonyl (C=O) groups excluding carboxylic acids is 4. The van der Waals surface area contributed by atoms with Gasteiger partial charge >= 0.3 is 12.2 Å². The minimum Gasteiger partial charge on any atom is -0.453 e. The van der Waals surface area contributed by atoms with E-state index in [-0.39, 0.29) is 36.7 Å². The van der Waals surface area contributed by atoms with Crippen molar-refractivity contribution in [1.82, 2.24) is 65.9 Å². The second-order valence-electron chi connectivity index (χ2n) is 14.3. The topological polar surface area (TPSA) is 272 Å². The van der Waals surface area contributed by atoms with Crippen LogP contribution in [0.15, 0.2) is 73.3 Å². The molecule has 2 saturated heterocycles. The van der Waals surface area contributed by atoms with Gasteiger partial charge in [-0.15, -0.1) is 0 Å². The van der Waals surface area contributed by atoms with Gasteiger partial charge in [0.2, 0.25) is 5.91 Å². The molecule has 304 valence electrons. The van der Waals surface area contributed by atoms with E-state index in [9.17, 15) is 19.2 Å². The van der Waals surface area contributed by atoms with Crippen molar-refractivity contribution in [3.05, 3.63) is 96.4 Å². The molecule has 59 heavy (non-hydrogen) atoms. The summed E-state index contributed by atoms with van der Waals surface area (Å²) < 4.78 is 9.97. The predicted molar refractivity (Wildman–Crippen MR) is 208 cm³/mol. The number of nitrogens with one attached hydrogen (secondary N) is 5. The SMILES string of the molecule is COC(=O)N[C@@H](Cc1cn[nH]n1)C(=O)N1CCC[C@H]1c1ncc(-c2ccc(-c3ccc(-c4cnc([C@@H]5CCCN5C(=O)[C@H](Cc5cn[nH]n5)OC(N)=O)[nH]4)cc3)cc2)[nH]1. The van der Waals surface area contributed by atoms with E-state index in [0.717, 1.165) is 52.9 Å². The molecule has 0 bridgehead atoms. The van der Waals surface area contributed by atoms with Gasteiger partial charge in [-0.1, -0.05) is 48.5 Å². The van der Waals surface area contributed by atoms with Crippen LogP contribution in [-0.2, 0) is 31.9 Å². The van der Waals surface area contributed by atoms with Crippen molar-refractivity contribution in [3.63, 3.8) is 0 Å². The number of carbonyl (C=O) groups is 4. The molecule has 8 rings (SSSR count). The molecule has 0 aliphatic carbocycles. The number of imidazole rings is 2. The number of ether oxygens (including phenoxy) is 2. The number of hydrogen-bond acceptors (Lipinski definition) is 12. The van der Waals surface area contributed by atoms with Gasteiger partial charge in [0.1, 0.15) is 17.7 Å². The van der Waals surface area contributed by atoms with Crippen LogP contribution in [-0.4, -0.2) is 117 Å². The first-order chi connectivity index (χ1) is 28.7. The molecule has 4 atom stereocenters. The van der Waals surface area contributed by atoms with E-state index in [1.165, 1.54) is 19.5 Å². The van der Waals surface area contributed by atoms with E-state index in [1.54, 1.807) is 22.2 Å². The first-order valence-corrected chi connectivity index (χ1v) is 19.2. The van der Waals surface area contributed by atoms with Crippen LogP contribution >= 0.6 is 0 Å². The van der Waals surface area contributed by atoms with Crippen LogP contribution in [0.5, 0.6) is 0 Å². The Hall–Kier alpha value is -7.38. The van der Waals surface area contributed by atoms with Crippen molar-refractivity contribution in [2.24, 2.45) is 5.73 Å². The number of likely N-dealkylation sites (tertiary alicyclic amines) is 2. The molecule has 7 N–H and O–H groups in total. The monoisotopic (exact) mass is 802 g/mol. The summed E-state index contributed by atoms with van der Waals surface area (Å²) in [5, 5.41) is 23.3. The van der Waals surface area contributed by atoms with Gasteiger partial charge in [0.15, 0.2) is 6.10 Å². The van der Waals surface area contributed by atoms with Crippen LogP contribution in [0.25, 0.3) is 33.6 Å². The standard InChI is InChI=1S/C39H42N14O6/c1-58-39(57)47-28(16-26-18-43-50-48-26)36(54)52-14-2-4-31(52)34-41-20-29(45-34)24-10-6-22(7-11-24)23-8-12-25(13-9-23)30-21-42-35(46-30)32-5-3-15-53(32)37(55)33(59-38(40)56)17-27-19-44-51-49-27/h6-13,18-21,28,31-33H,2-5,14-17H2,1H3,(H2,40,56)(H,41,45)(H,42,46)(H,47,57)(H,43,48,50)(H,44,49,51)/t28-,31-,32-,33-/m0/s1. The number of nitrogens with zero attached hydrogens (tertiary/aromatic N) is 8. The Labute approximate surface area is 336 Å². The van der Waals surface area contributed by atoms with Gasteiger partial charge in [-0.05, 0) is 47.9 Å². The third kappa shape index (κ3) is 8.50. The fraction of sp³-hybridized carbons (Fsp3) is 0.333. The average Bonchev–Trinajstić information content (AvgIpc) is 4.11. The molecule has 2 aliphatic heterocycles. The summed E-state index contributed by atoms with van der Waals surface area (Å²) in [6.45, 7) is 1.01. The Balaban J connectivity index is 0.912. The van der Waals surface area contributed by atoms with E-state index in [4.69, 9.17) is 15.2 Å². The lowest BCUT2D eigenvalue weighted by Gasteiger charge is -2.27. The number of methoxy groups -OCH3 is 1. The van der Waals surface area contributed by atoms with Crippen molar-refractivity contribution in [1.29, 1.82) is 0 Å². The summed E-state index contributed by atoms with van der Waals surface area (Å²) in [4.78, 5) is 70.6. The van der Waals surface area contributed by atoms with Gasteiger partial charge in [0.25, 0.3) is 5.91 Å². The van der Waals surface area contributed by atoms with Gasteiger partial charge in [-0.2, -0.15) is 30.8 Å². The molecule has 20 nitrogen and oxygen atoms in total. The zero-order valence-electron chi connectivity index (χ0n) is 32.0. The molecule has 0 saturated carbocycles. The smallest absolute Gasteiger partial charge is 0.407 e. The van der Waals surface area contributed by atoms with Crippen LogP contribution in [0.4, 0.5) is 9.59 Å². The van der Waals surface area contributed by atoms with Gasteiger partial charge in [0.05, 0.1) is 66.8 Å². The summed E-state index contributed by atoms with van der Waals surface area (Å²) in [7, 11) is 1.25. The fourth-order valence-electron chi connectivity index (χ4n) is 7.77. The first-order valence-electron chi connectivity index (χ1n) is 19.2. The second-order valence-corrected chi connectivity index (χ2v) is 14.3. The molecule has 2 aromatic carbocycles. The van der Waals surface area contributed by atoms with E-state index in [2.05, 4.69) is 56.1 Å². The normalized spacial score (nSPS) is 17.4. The zero-order chi connectivity index (χ0) is 40.9. The molecule has 6 heterocycles. The molecule has 20 heteroatoms. The fourth-order valence-corrected chi connectivity index (χ4v) is 7.77. The number of aromatic amines is 4. The van der Waals surface area contributed by atoms with Crippen LogP contribution in [0, 0.1) is 0 Å². The molecule has 2 aliphatic rings. The Morgan fingerprint density at radius 1 is 0.729 bits per heavy atom. The Morgan fingerprint density at radius 2 is 1.22 bits per heavy atom. The lowest BCUT2D eigenvalue weighted by molar-refractivity contribution is -0.141. The highest BCUT2D eigenvalue weighted by molar-refractivity contribution is 5.86. The zero-order valence-corrected chi connectivity index (χ0v) is 32.0. The Bertz CT molecular complexity index is 2380. The minimum absolute atomic E-state index is 0.0419. The van der Waals surface area contributed by atoms with Crippen LogP contribution in [0.3, 0.4) is 0 Å². The molecule has 6 aromatic rings. The molecular weight excluding hydrogens is 761 g/mol. The maximum absolute atomic E-state index is 13.8. The highest BCUT2D eigenvalue weighted by atomic mass is 16.6. The molecular formula is C39H42N14O6. The first kappa shape index (κ1) is 38.5. The maximum atomic E-state index is 13.8. The predicted octanol–water partition coefficient (Wildman–Crippen LogP) is 3.37. The summed E-state index contributed by atoms with van der Waals surface area (Å²) >= 11 is 0. The number of primary amides is 1. The summed E-state index contributed by atoms with van der Waals surface area (Å²) in [5.41, 5.74) is 11.8. The van der Waals surface area contributed by atoms with Crippen molar-refractivity contribution >= 4 is 24.0 Å². The van der Waals surface area contributed by atoms with Crippen molar-refractivity contribution in [2.75, 3.05) is 20.2 Å². The van der Waals surface area contributed by atoms with Crippen LogP contribution < -0.4 is 11.1 Å². The number of nitrogens with two attached hydrogens (primary N) is 1. The quantitative estimate of drug-likeness (QED) is 0.0981. The largest absolute Gasteiger partial charge is 0.453 e. The van der Waals surface area contributed by atoms with E-state index < -0.39 is 24.3 Å². The molecule has 4 aromatic heterocycles. The van der Waals surface area contributed by atoms with Crippen molar-refractivity contribution in [3.8, 4) is 33.6 Å². The van der Waals surface area contributed by atoms with Crippen LogP contribution in [0.2, 0.25) is 0 Å². The van der Waals surface area contributed by atoms with Crippen molar-refractivity contribution < 1.29 is 28.7 Å². The maximum Gasteiger partial charge on any atom is 0.407 e. The molecule has 4 amide bonds. The number of rotatable bonds is 13. The highest BCUT2D eigenvalue weighted by Gasteiger charge is 2.38. The second kappa shape index (κ2) is 17.0. The van der Waals surface area contributed by atoms with Gasteiger partial charge in [-0.3, -0.25) is 9.59 Å². The minimum atomic E-state index is -1.14. The molecule has 0 unspecified atom stereocenters. The Kier molecular flexibility index (Phi) is 11.1. The lowest BCUT2D eigenvalue weighted by atomic mass is 10.0. The third-order valence-electron chi connectivity index (χ3n) is 10.7. The van der Waals surface area contributed by atoms with Gasteiger partial charge < -0.3 is 40.3 Å². The van der Waals surface area contributed by atoms with Crippen LogP contribution in [0.1, 0.15) is 60.8 Å². The number of amides is 4. The number of alkyl carbamates (subject to hydrolysis) is 1. The van der Waals surface area contributed by atoms with Crippen molar-refractivity contribution in [2.45, 2.75) is 62.8 Å². The lowest BCUT2D eigenvalue weighted by Crippen LogP contribution is -2.49. The molecule has 2 fully saturated rings.